The number of hydrogen-bond donors (Lipinski definition) is 3. The van der Waals surface area contributed by atoms with E-state index in [2.05, 4.69) is 11.1 Å². The summed E-state index contributed by atoms with van der Waals surface area (Å²) in [5.41, 5.74) is 4.78. The topological polar surface area (TPSA) is 191 Å². The van der Waals surface area contributed by atoms with Crippen molar-refractivity contribution in [3.63, 3.8) is 0 Å². The van der Waals surface area contributed by atoms with Crippen molar-refractivity contribution in [2.24, 2.45) is 11.7 Å². The maximum absolute atomic E-state index is 13.4. The van der Waals surface area contributed by atoms with E-state index in [9.17, 15) is 14.4 Å². The Morgan fingerprint density at radius 3 is 2.09 bits per heavy atom. The van der Waals surface area contributed by atoms with E-state index < -0.39 is 29.8 Å². The van der Waals surface area contributed by atoms with E-state index in [1.54, 1.807) is 45.0 Å². The average molecular weight is 647 g/mol. The minimum atomic E-state index is -1.33. The normalized spacial score (nSPS) is 12.9. The number of alkyl carbamates (subject to hydrolysis) is 1. The third-order valence-corrected chi connectivity index (χ3v) is 6.11. The van der Waals surface area contributed by atoms with Gasteiger partial charge in [-0.2, -0.15) is 0 Å². The molecule has 0 aromatic heterocycles. The molecule has 2 amide bonds. The molecule has 0 saturated heterocycles. The summed E-state index contributed by atoms with van der Waals surface area (Å²) >= 11 is 0. The third-order valence-electron chi connectivity index (χ3n) is 6.11. The number of methoxy groups -OCH3 is 4. The Morgan fingerprint density at radius 2 is 1.57 bits per heavy atom. The van der Waals surface area contributed by atoms with Gasteiger partial charge in [-0.1, -0.05) is 19.9 Å². The number of nitrogens with two attached hydrogens (primary N) is 1. The van der Waals surface area contributed by atoms with Crippen LogP contribution in [0.5, 0.6) is 34.5 Å². The Balaban J connectivity index is 0.00000173. The number of primary amides is 1. The lowest BCUT2D eigenvalue weighted by Crippen LogP contribution is -2.45. The number of hydrogen-bond acceptors (Lipinski definition) is 11. The van der Waals surface area contributed by atoms with Crippen LogP contribution in [0.2, 0.25) is 0 Å². The summed E-state index contributed by atoms with van der Waals surface area (Å²) in [4.78, 5) is 47.4. The number of amides is 2. The minimum absolute atomic E-state index is 0.0614. The Labute approximate surface area is 267 Å². The summed E-state index contributed by atoms with van der Waals surface area (Å²) in [6.45, 7) is 8.81. The second-order valence-corrected chi connectivity index (χ2v) is 11.3. The molecule has 1 aliphatic heterocycles. The fourth-order valence-corrected chi connectivity index (χ4v) is 4.37. The maximum atomic E-state index is 13.4. The second kappa shape index (κ2) is 16.3. The minimum Gasteiger partial charge on any atom is -0.493 e. The van der Waals surface area contributed by atoms with Crippen LogP contribution in [0.15, 0.2) is 30.3 Å². The highest BCUT2D eigenvalue weighted by Crippen LogP contribution is 2.50. The molecule has 0 spiro atoms. The Hall–Kier alpha value is -5.14. The SMILES string of the molecule is COc1ccc(C2=CC(=O)COc3c2cc(OC)c(OC)c3OC)cc1OC(=O)C(CC(C)C)NC(=O)OC(C)(C)C.NC(=O)O. The van der Waals surface area contributed by atoms with Gasteiger partial charge < -0.3 is 49.3 Å². The largest absolute Gasteiger partial charge is 0.493 e. The number of rotatable bonds is 10. The number of fused-ring (bicyclic) bond motifs is 1. The van der Waals surface area contributed by atoms with Crippen LogP contribution < -0.4 is 39.5 Å². The van der Waals surface area contributed by atoms with Crippen molar-refractivity contribution >= 4 is 29.5 Å². The van der Waals surface area contributed by atoms with Crippen molar-refractivity contribution in [2.75, 3.05) is 35.0 Å². The number of ketones is 1. The molecule has 4 N–H and O–H groups in total. The van der Waals surface area contributed by atoms with Crippen LogP contribution in [0.4, 0.5) is 9.59 Å². The van der Waals surface area contributed by atoms with Gasteiger partial charge in [-0.25, -0.2) is 14.4 Å². The standard InChI is InChI=1S/C31H39NO10.CH3NO2/c1-17(2)12-22(32-30(35)42-31(3,4)5)29(34)41-24-13-18(10-11-23(24)36-6)20-14-19(33)16-40-26-21(20)15-25(37-7)27(38-8)28(26)39-9;2-1(3)4/h10-11,13-15,17,22H,12,16H2,1-9H3,(H,32,35);2H2,(H,3,4). The lowest BCUT2D eigenvalue weighted by atomic mass is 9.95. The van der Waals surface area contributed by atoms with Crippen molar-refractivity contribution in [2.45, 2.75) is 52.7 Å². The number of esters is 1. The smallest absolute Gasteiger partial charge is 0.408 e. The maximum Gasteiger partial charge on any atom is 0.408 e. The van der Waals surface area contributed by atoms with Crippen molar-refractivity contribution in [3.8, 4) is 34.5 Å². The van der Waals surface area contributed by atoms with E-state index in [1.165, 1.54) is 34.5 Å². The number of carboxylic acid groups (broad SMARTS) is 1. The highest BCUT2D eigenvalue weighted by molar-refractivity contribution is 6.04. The molecule has 3 rings (SSSR count). The zero-order chi connectivity index (χ0) is 34.8. The molecule has 0 fully saturated rings. The van der Waals surface area contributed by atoms with Gasteiger partial charge in [-0.15, -0.1) is 0 Å². The average Bonchev–Trinajstić information content (AvgIpc) is 3.12. The molecule has 1 unspecified atom stereocenters. The first-order valence-electron chi connectivity index (χ1n) is 14.1. The van der Waals surface area contributed by atoms with Crippen LogP contribution in [0.1, 0.15) is 52.2 Å². The Morgan fingerprint density at radius 1 is 0.957 bits per heavy atom. The van der Waals surface area contributed by atoms with Gasteiger partial charge in [-0.3, -0.25) is 4.79 Å². The van der Waals surface area contributed by atoms with Gasteiger partial charge in [0.15, 0.2) is 35.4 Å². The van der Waals surface area contributed by atoms with Gasteiger partial charge in [0.05, 0.1) is 28.4 Å². The predicted molar refractivity (Wildman–Crippen MR) is 167 cm³/mol. The zero-order valence-electron chi connectivity index (χ0n) is 27.5. The molecule has 14 nitrogen and oxygen atoms in total. The molecule has 0 radical (unpaired) electrons. The molecule has 2 aromatic carbocycles. The molecule has 46 heavy (non-hydrogen) atoms. The fraction of sp³-hybridized carbons (Fsp3) is 0.438. The molecule has 0 aliphatic carbocycles. The molecule has 2 aromatic rings. The van der Waals surface area contributed by atoms with E-state index in [4.69, 9.17) is 43.1 Å². The fourth-order valence-electron chi connectivity index (χ4n) is 4.37. The van der Waals surface area contributed by atoms with Gasteiger partial charge in [0.1, 0.15) is 11.6 Å². The summed E-state index contributed by atoms with van der Waals surface area (Å²) in [7, 11) is 5.86. The first-order valence-corrected chi connectivity index (χ1v) is 14.1. The van der Waals surface area contributed by atoms with Crippen molar-refractivity contribution in [1.29, 1.82) is 0 Å². The number of carbonyl (C=O) groups excluding carboxylic acids is 3. The zero-order valence-corrected chi connectivity index (χ0v) is 27.5. The van der Waals surface area contributed by atoms with Crippen molar-refractivity contribution < 1.29 is 57.4 Å². The first-order chi connectivity index (χ1) is 21.5. The number of carbonyl (C=O) groups is 4. The van der Waals surface area contributed by atoms with E-state index >= 15 is 0 Å². The van der Waals surface area contributed by atoms with Crippen LogP contribution in [0.25, 0.3) is 5.57 Å². The number of benzene rings is 2. The quantitative estimate of drug-likeness (QED) is 0.241. The molecule has 1 aliphatic rings. The summed E-state index contributed by atoms with van der Waals surface area (Å²) < 4.78 is 39.0. The monoisotopic (exact) mass is 646 g/mol. The molecule has 1 heterocycles. The third kappa shape index (κ3) is 10.2. The molecule has 0 bridgehead atoms. The highest BCUT2D eigenvalue weighted by atomic mass is 16.6. The molecular formula is C32H42N2O12. The number of ether oxygens (including phenoxy) is 7. The molecule has 1 atom stereocenters. The highest BCUT2D eigenvalue weighted by Gasteiger charge is 2.30. The van der Waals surface area contributed by atoms with Crippen molar-refractivity contribution in [3.05, 3.63) is 41.5 Å². The second-order valence-electron chi connectivity index (χ2n) is 11.3. The van der Waals surface area contributed by atoms with Gasteiger partial charge in [0.2, 0.25) is 11.5 Å². The lowest BCUT2D eigenvalue weighted by Gasteiger charge is -2.24. The van der Waals surface area contributed by atoms with Gasteiger partial charge in [0, 0.05) is 5.56 Å². The predicted octanol–water partition coefficient (Wildman–Crippen LogP) is 4.58. The van der Waals surface area contributed by atoms with E-state index in [0.29, 0.717) is 40.4 Å². The van der Waals surface area contributed by atoms with Gasteiger partial charge in [-0.05, 0) is 68.5 Å². The van der Waals surface area contributed by atoms with Crippen LogP contribution in [-0.2, 0) is 14.3 Å². The molecule has 0 saturated carbocycles. The van der Waals surface area contributed by atoms with Gasteiger partial charge >= 0.3 is 18.2 Å². The lowest BCUT2D eigenvalue weighted by molar-refractivity contribution is -0.137. The Bertz CT molecular complexity index is 1460. The summed E-state index contributed by atoms with van der Waals surface area (Å²) in [6, 6.07) is 5.61. The van der Waals surface area contributed by atoms with Crippen LogP contribution in [0, 0.1) is 5.92 Å². The van der Waals surface area contributed by atoms with Gasteiger partial charge in [0.25, 0.3) is 0 Å². The van der Waals surface area contributed by atoms with Crippen LogP contribution >= 0.6 is 0 Å². The van der Waals surface area contributed by atoms with E-state index in [1.807, 2.05) is 13.8 Å². The summed E-state index contributed by atoms with van der Waals surface area (Å²) in [5.74, 6) is 0.653. The van der Waals surface area contributed by atoms with E-state index in [-0.39, 0.29) is 35.6 Å². The summed E-state index contributed by atoms with van der Waals surface area (Å²) in [5, 5.41) is 9.81. The first kappa shape index (κ1) is 37.0. The molecule has 14 heteroatoms. The van der Waals surface area contributed by atoms with Crippen molar-refractivity contribution in [1.82, 2.24) is 5.32 Å². The molecule has 252 valence electrons. The van der Waals surface area contributed by atoms with Crippen LogP contribution in [-0.4, -0.2) is 75.7 Å². The Kier molecular flexibility index (Phi) is 13.1. The van der Waals surface area contributed by atoms with E-state index in [0.717, 1.165) is 0 Å². The number of nitrogens with one attached hydrogen (secondary N) is 1. The summed E-state index contributed by atoms with van der Waals surface area (Å²) in [6.07, 6.45) is -0.315. The molecular weight excluding hydrogens is 604 g/mol. The van der Waals surface area contributed by atoms with Crippen LogP contribution in [0.3, 0.4) is 0 Å².